The highest BCUT2D eigenvalue weighted by molar-refractivity contribution is 9.10. The number of carbonyl (C=O) groups is 1. The highest BCUT2D eigenvalue weighted by Gasteiger charge is 2.33. The summed E-state index contributed by atoms with van der Waals surface area (Å²) in [6.45, 7) is 3.45. The molecule has 0 aliphatic carbocycles. The number of rotatable bonds is 2. The van der Waals surface area contributed by atoms with Gasteiger partial charge in [-0.3, -0.25) is 4.79 Å². The maximum absolute atomic E-state index is 12.2. The predicted molar refractivity (Wildman–Crippen MR) is 77.9 cm³/mol. The highest BCUT2D eigenvalue weighted by Crippen LogP contribution is 2.31. The van der Waals surface area contributed by atoms with Crippen molar-refractivity contribution >= 4 is 27.5 Å². The number of amides is 1. The minimum atomic E-state index is -0.386. The van der Waals surface area contributed by atoms with Crippen LogP contribution in [0.4, 0.5) is 5.69 Å². The first-order chi connectivity index (χ1) is 9.04. The van der Waals surface area contributed by atoms with E-state index < -0.39 is 0 Å². The molecule has 1 aromatic carbocycles. The van der Waals surface area contributed by atoms with Crippen molar-refractivity contribution < 1.29 is 4.79 Å². The van der Waals surface area contributed by atoms with Crippen LogP contribution in [0.15, 0.2) is 22.7 Å². The molecule has 19 heavy (non-hydrogen) atoms. The molecular weight excluding hydrogens is 306 g/mol. The summed E-state index contributed by atoms with van der Waals surface area (Å²) in [6.07, 6.45) is 0.212. The molecule has 0 aromatic heterocycles. The van der Waals surface area contributed by atoms with Gasteiger partial charge in [-0.05, 0) is 40.5 Å². The van der Waals surface area contributed by atoms with Gasteiger partial charge in [-0.1, -0.05) is 6.07 Å². The Labute approximate surface area is 121 Å². The summed E-state index contributed by atoms with van der Waals surface area (Å²) in [5, 5.41) is 8.94. The number of benzene rings is 1. The van der Waals surface area contributed by atoms with Crippen molar-refractivity contribution in [1.82, 2.24) is 4.90 Å². The van der Waals surface area contributed by atoms with Crippen molar-refractivity contribution in [3.63, 3.8) is 0 Å². The molecule has 5 heteroatoms. The SMILES string of the molecule is Cc1ccc(N2CCN(C)C(=O)C2CC#N)c(Br)c1. The standard InChI is InChI=1S/C14H16BrN3O/c1-10-3-4-12(11(15)9-10)18-8-7-17(2)14(19)13(18)5-6-16/h3-4,9,13H,5,7-8H2,1-2H3. The molecule has 1 aliphatic heterocycles. The van der Waals surface area contributed by atoms with Crippen LogP contribution in [0.5, 0.6) is 0 Å². The van der Waals surface area contributed by atoms with E-state index in [9.17, 15) is 4.79 Å². The Morgan fingerprint density at radius 3 is 2.84 bits per heavy atom. The maximum Gasteiger partial charge on any atom is 0.246 e. The zero-order chi connectivity index (χ0) is 14.0. The lowest BCUT2D eigenvalue weighted by molar-refractivity contribution is -0.132. The summed E-state index contributed by atoms with van der Waals surface area (Å²) in [7, 11) is 1.79. The third-order valence-electron chi connectivity index (χ3n) is 3.41. The Morgan fingerprint density at radius 1 is 1.47 bits per heavy atom. The summed E-state index contributed by atoms with van der Waals surface area (Å²) >= 11 is 3.55. The lowest BCUT2D eigenvalue weighted by Crippen LogP contribution is -2.55. The zero-order valence-electron chi connectivity index (χ0n) is 11.1. The van der Waals surface area contributed by atoms with E-state index in [1.807, 2.05) is 30.0 Å². The first-order valence-corrected chi connectivity index (χ1v) is 6.98. The fourth-order valence-electron chi connectivity index (χ4n) is 2.33. The molecule has 1 aromatic rings. The van der Waals surface area contributed by atoms with Gasteiger partial charge in [0.05, 0.1) is 18.2 Å². The molecule has 0 saturated carbocycles. The molecule has 1 heterocycles. The Hall–Kier alpha value is -1.54. The molecule has 4 nitrogen and oxygen atoms in total. The Kier molecular flexibility index (Phi) is 4.11. The van der Waals surface area contributed by atoms with Crippen LogP contribution in [0.25, 0.3) is 0 Å². The third kappa shape index (κ3) is 2.74. The normalized spacial score (nSPS) is 19.5. The number of nitriles is 1. The minimum absolute atomic E-state index is 0.0141. The summed E-state index contributed by atoms with van der Waals surface area (Å²) in [6, 6.07) is 7.78. The largest absolute Gasteiger partial charge is 0.356 e. The van der Waals surface area contributed by atoms with E-state index in [0.29, 0.717) is 6.54 Å². The first-order valence-electron chi connectivity index (χ1n) is 6.19. The topological polar surface area (TPSA) is 47.3 Å². The second-order valence-electron chi connectivity index (χ2n) is 4.79. The van der Waals surface area contributed by atoms with E-state index in [1.54, 1.807) is 11.9 Å². The molecule has 1 saturated heterocycles. The summed E-state index contributed by atoms with van der Waals surface area (Å²) < 4.78 is 0.966. The van der Waals surface area contributed by atoms with Crippen molar-refractivity contribution in [2.75, 3.05) is 25.0 Å². The zero-order valence-corrected chi connectivity index (χ0v) is 12.6. The van der Waals surface area contributed by atoms with Gasteiger partial charge in [-0.2, -0.15) is 5.26 Å². The number of halogens is 1. The molecule has 1 amide bonds. The van der Waals surface area contributed by atoms with Crippen LogP contribution < -0.4 is 4.90 Å². The van der Waals surface area contributed by atoms with Crippen LogP contribution in [-0.2, 0) is 4.79 Å². The molecule has 1 atom stereocenters. The van der Waals surface area contributed by atoms with E-state index in [0.717, 1.165) is 22.3 Å². The molecule has 0 N–H and O–H groups in total. The highest BCUT2D eigenvalue weighted by atomic mass is 79.9. The fraction of sp³-hybridized carbons (Fsp3) is 0.429. The summed E-state index contributed by atoms with van der Waals surface area (Å²) in [4.78, 5) is 15.9. The fourth-order valence-corrected chi connectivity index (χ4v) is 3.05. The number of piperazine rings is 1. The number of hydrogen-bond acceptors (Lipinski definition) is 3. The lowest BCUT2D eigenvalue weighted by Gasteiger charge is -2.40. The quantitative estimate of drug-likeness (QED) is 0.839. The number of carbonyl (C=O) groups excluding carboxylic acids is 1. The van der Waals surface area contributed by atoms with Crippen LogP contribution in [0.2, 0.25) is 0 Å². The van der Waals surface area contributed by atoms with Gasteiger partial charge in [0.15, 0.2) is 0 Å². The number of hydrogen-bond donors (Lipinski definition) is 0. The van der Waals surface area contributed by atoms with E-state index in [4.69, 9.17) is 5.26 Å². The maximum atomic E-state index is 12.2. The molecule has 100 valence electrons. The average molecular weight is 322 g/mol. The van der Waals surface area contributed by atoms with Crippen molar-refractivity contribution in [3.8, 4) is 6.07 Å². The van der Waals surface area contributed by atoms with Gasteiger partial charge in [0.2, 0.25) is 5.91 Å². The molecule has 1 aliphatic rings. The van der Waals surface area contributed by atoms with E-state index >= 15 is 0 Å². The number of nitrogens with zero attached hydrogens (tertiary/aromatic N) is 3. The van der Waals surface area contributed by atoms with Crippen LogP contribution in [-0.4, -0.2) is 37.0 Å². The molecule has 0 bridgehead atoms. The molecular formula is C14H16BrN3O. The molecule has 0 radical (unpaired) electrons. The van der Waals surface area contributed by atoms with Crippen molar-refractivity contribution in [2.45, 2.75) is 19.4 Å². The minimum Gasteiger partial charge on any atom is -0.356 e. The third-order valence-corrected chi connectivity index (χ3v) is 4.05. The van der Waals surface area contributed by atoms with Crippen LogP contribution in [0.3, 0.4) is 0 Å². The number of anilines is 1. The van der Waals surface area contributed by atoms with Crippen LogP contribution >= 0.6 is 15.9 Å². The molecule has 2 rings (SSSR count). The number of likely N-dealkylation sites (N-methyl/N-ethyl adjacent to an activating group) is 1. The van der Waals surface area contributed by atoms with Crippen molar-refractivity contribution in [1.29, 1.82) is 5.26 Å². The first kappa shape index (κ1) is 13.9. The lowest BCUT2D eigenvalue weighted by atomic mass is 10.1. The van der Waals surface area contributed by atoms with E-state index in [-0.39, 0.29) is 18.4 Å². The van der Waals surface area contributed by atoms with Gasteiger partial charge in [-0.25, -0.2) is 0 Å². The van der Waals surface area contributed by atoms with E-state index in [2.05, 4.69) is 22.0 Å². The Bertz CT molecular complexity index is 538. The smallest absolute Gasteiger partial charge is 0.246 e. The van der Waals surface area contributed by atoms with Gasteiger partial charge >= 0.3 is 0 Å². The van der Waals surface area contributed by atoms with Gasteiger partial charge < -0.3 is 9.80 Å². The van der Waals surface area contributed by atoms with Gasteiger partial charge in [-0.15, -0.1) is 0 Å². The van der Waals surface area contributed by atoms with Gasteiger partial charge in [0.1, 0.15) is 6.04 Å². The molecule has 1 fully saturated rings. The van der Waals surface area contributed by atoms with Crippen LogP contribution in [0, 0.1) is 18.3 Å². The second-order valence-corrected chi connectivity index (χ2v) is 5.64. The van der Waals surface area contributed by atoms with E-state index in [1.165, 1.54) is 0 Å². The summed E-state index contributed by atoms with van der Waals surface area (Å²) in [5.41, 5.74) is 2.14. The van der Waals surface area contributed by atoms with Crippen molar-refractivity contribution in [3.05, 3.63) is 28.2 Å². The Morgan fingerprint density at radius 2 is 2.21 bits per heavy atom. The molecule has 0 spiro atoms. The number of aryl methyl sites for hydroxylation is 1. The Balaban J connectivity index is 2.36. The summed E-state index contributed by atoms with van der Waals surface area (Å²) in [5.74, 6) is 0.0141. The predicted octanol–water partition coefficient (Wildman–Crippen LogP) is 2.32. The monoisotopic (exact) mass is 321 g/mol. The molecule has 1 unspecified atom stereocenters. The van der Waals surface area contributed by atoms with Crippen LogP contribution in [0.1, 0.15) is 12.0 Å². The van der Waals surface area contributed by atoms with Gasteiger partial charge in [0.25, 0.3) is 0 Å². The average Bonchev–Trinajstić information content (AvgIpc) is 2.36. The van der Waals surface area contributed by atoms with Gasteiger partial charge in [0, 0.05) is 24.6 Å². The second kappa shape index (κ2) is 5.62. The van der Waals surface area contributed by atoms with Crippen molar-refractivity contribution in [2.24, 2.45) is 0 Å².